The van der Waals surface area contributed by atoms with Gasteiger partial charge >= 0.3 is 6.03 Å². The Hall–Kier alpha value is -1.79. The number of hydrogen-bond acceptors (Lipinski definition) is 3. The Morgan fingerprint density at radius 1 is 1.38 bits per heavy atom. The van der Waals surface area contributed by atoms with E-state index in [-0.39, 0.29) is 24.7 Å². The number of nitrogens with zero attached hydrogens (tertiary/aromatic N) is 1. The molecule has 3 amide bonds. The zero-order chi connectivity index (χ0) is 16.8. The number of urea groups is 1. The molecule has 0 aromatic heterocycles. The number of primary amides is 1. The molecule has 2 rings (SSSR count). The van der Waals surface area contributed by atoms with Crippen LogP contribution in [0.3, 0.4) is 0 Å². The first-order valence-electron chi connectivity index (χ1n) is 8.07. The van der Waals surface area contributed by atoms with E-state index in [4.69, 9.17) is 5.73 Å². The highest BCUT2D eigenvalue weighted by atomic mass is 35.5. The molecule has 0 spiro atoms. The molecule has 1 fully saturated rings. The summed E-state index contributed by atoms with van der Waals surface area (Å²) in [6.07, 6.45) is 2.31. The van der Waals surface area contributed by atoms with E-state index in [1.165, 1.54) is 0 Å². The second kappa shape index (κ2) is 9.49. The predicted octanol–water partition coefficient (Wildman–Crippen LogP) is 1.73. The van der Waals surface area contributed by atoms with Crippen LogP contribution >= 0.6 is 12.4 Å². The molecule has 2 atom stereocenters. The lowest BCUT2D eigenvalue weighted by atomic mass is 9.97. The minimum atomic E-state index is -0.613. The molecule has 1 heterocycles. The van der Waals surface area contributed by atoms with Crippen molar-refractivity contribution in [1.82, 2.24) is 15.5 Å². The van der Waals surface area contributed by atoms with Crippen molar-refractivity contribution in [3.8, 4) is 0 Å². The molecule has 2 unspecified atom stereocenters. The van der Waals surface area contributed by atoms with Crippen molar-refractivity contribution in [3.05, 3.63) is 35.4 Å². The molecule has 6 nitrogen and oxygen atoms in total. The summed E-state index contributed by atoms with van der Waals surface area (Å²) in [6, 6.07) is 7.07. The van der Waals surface area contributed by atoms with Gasteiger partial charge in [-0.3, -0.25) is 4.79 Å². The molecular weight excluding hydrogens is 328 g/mol. The molecule has 24 heavy (non-hydrogen) atoms. The standard InChI is InChI=1S/C17H26N4O2.ClH/c1-12-6-3-4-8-14(12)15(20-17(18)23)10-16(22)21-9-5-7-13(11-21)19-2;/h3-4,6,8,13,15,19H,5,7,9-11H2,1-2H3,(H3,18,20,23);1H. The molecule has 0 aliphatic carbocycles. The third-order valence-electron chi connectivity index (χ3n) is 4.44. The molecule has 4 N–H and O–H groups in total. The van der Waals surface area contributed by atoms with Crippen molar-refractivity contribution < 1.29 is 9.59 Å². The molecule has 0 saturated carbocycles. The first-order chi connectivity index (χ1) is 11.0. The molecule has 1 aromatic carbocycles. The van der Waals surface area contributed by atoms with Crippen LogP contribution in [0, 0.1) is 6.92 Å². The van der Waals surface area contributed by atoms with Gasteiger partial charge < -0.3 is 21.3 Å². The number of carbonyl (C=O) groups is 2. The first-order valence-corrected chi connectivity index (χ1v) is 8.07. The van der Waals surface area contributed by atoms with E-state index in [1.807, 2.05) is 43.1 Å². The molecule has 134 valence electrons. The average Bonchev–Trinajstić information content (AvgIpc) is 2.54. The van der Waals surface area contributed by atoms with E-state index in [9.17, 15) is 9.59 Å². The molecule has 1 aliphatic rings. The van der Waals surface area contributed by atoms with Crippen LogP contribution in [0.5, 0.6) is 0 Å². The van der Waals surface area contributed by atoms with Crippen molar-refractivity contribution >= 4 is 24.3 Å². The Kier molecular flexibility index (Phi) is 8.01. The summed E-state index contributed by atoms with van der Waals surface area (Å²) in [5.74, 6) is 0.0481. The van der Waals surface area contributed by atoms with Crippen molar-refractivity contribution in [1.29, 1.82) is 0 Å². The third-order valence-corrected chi connectivity index (χ3v) is 4.44. The third kappa shape index (κ3) is 5.39. The Labute approximate surface area is 149 Å². The van der Waals surface area contributed by atoms with Gasteiger partial charge in [-0.15, -0.1) is 12.4 Å². The minimum Gasteiger partial charge on any atom is -0.352 e. The van der Waals surface area contributed by atoms with E-state index in [0.29, 0.717) is 12.6 Å². The lowest BCUT2D eigenvalue weighted by Crippen LogP contribution is -2.48. The van der Waals surface area contributed by atoms with Crippen molar-refractivity contribution in [2.24, 2.45) is 5.73 Å². The van der Waals surface area contributed by atoms with Crippen LogP contribution in [0.1, 0.15) is 36.4 Å². The zero-order valence-corrected chi connectivity index (χ0v) is 15.1. The van der Waals surface area contributed by atoms with Gasteiger partial charge in [0.05, 0.1) is 12.5 Å². The molecule has 1 aromatic rings. The Morgan fingerprint density at radius 3 is 2.71 bits per heavy atom. The second-order valence-corrected chi connectivity index (χ2v) is 6.09. The fraction of sp³-hybridized carbons (Fsp3) is 0.529. The zero-order valence-electron chi connectivity index (χ0n) is 14.2. The number of carbonyl (C=O) groups excluding carboxylic acids is 2. The fourth-order valence-electron chi connectivity index (χ4n) is 3.13. The highest BCUT2D eigenvalue weighted by molar-refractivity contribution is 5.85. The summed E-state index contributed by atoms with van der Waals surface area (Å²) in [5, 5.41) is 5.94. The second-order valence-electron chi connectivity index (χ2n) is 6.09. The Bertz CT molecular complexity index is 567. The van der Waals surface area contributed by atoms with Crippen LogP contribution in [0.2, 0.25) is 0 Å². The van der Waals surface area contributed by atoms with E-state index in [1.54, 1.807) is 0 Å². The number of aryl methyl sites for hydroxylation is 1. The summed E-state index contributed by atoms with van der Waals surface area (Å²) in [6.45, 7) is 3.45. The number of amides is 3. The van der Waals surface area contributed by atoms with Gasteiger partial charge in [0, 0.05) is 19.1 Å². The average molecular weight is 355 g/mol. The summed E-state index contributed by atoms with van der Waals surface area (Å²) < 4.78 is 0. The number of nitrogens with one attached hydrogen (secondary N) is 2. The van der Waals surface area contributed by atoms with Crippen LogP contribution in [0.25, 0.3) is 0 Å². The van der Waals surface area contributed by atoms with Gasteiger partial charge in [-0.2, -0.15) is 0 Å². The summed E-state index contributed by atoms with van der Waals surface area (Å²) in [4.78, 5) is 25.8. The Balaban J connectivity index is 0.00000288. The number of halogens is 1. The molecule has 0 bridgehead atoms. The minimum absolute atomic E-state index is 0. The van der Waals surface area contributed by atoms with Gasteiger partial charge in [-0.25, -0.2) is 4.79 Å². The summed E-state index contributed by atoms with van der Waals surface area (Å²) in [7, 11) is 1.92. The Morgan fingerprint density at radius 2 is 2.08 bits per heavy atom. The predicted molar refractivity (Wildman–Crippen MR) is 97.2 cm³/mol. The lowest BCUT2D eigenvalue weighted by Gasteiger charge is -2.33. The largest absolute Gasteiger partial charge is 0.352 e. The topological polar surface area (TPSA) is 87.5 Å². The number of likely N-dealkylation sites (tertiary alicyclic amines) is 1. The van der Waals surface area contributed by atoms with E-state index in [0.717, 1.165) is 30.5 Å². The number of rotatable bonds is 5. The van der Waals surface area contributed by atoms with Gasteiger partial charge in [0.2, 0.25) is 5.91 Å². The normalized spacial score (nSPS) is 18.4. The van der Waals surface area contributed by atoms with E-state index >= 15 is 0 Å². The summed E-state index contributed by atoms with van der Waals surface area (Å²) >= 11 is 0. The number of nitrogens with two attached hydrogens (primary N) is 1. The van der Waals surface area contributed by atoms with Gasteiger partial charge in [0.15, 0.2) is 0 Å². The van der Waals surface area contributed by atoms with Crippen LogP contribution in [0.4, 0.5) is 4.79 Å². The van der Waals surface area contributed by atoms with Crippen LogP contribution < -0.4 is 16.4 Å². The van der Waals surface area contributed by atoms with Crippen molar-refractivity contribution in [2.45, 2.75) is 38.3 Å². The molecule has 1 aliphatic heterocycles. The lowest BCUT2D eigenvalue weighted by molar-refractivity contribution is -0.133. The van der Waals surface area contributed by atoms with Crippen LogP contribution in [-0.2, 0) is 4.79 Å². The van der Waals surface area contributed by atoms with Gasteiger partial charge in [0.25, 0.3) is 0 Å². The summed E-state index contributed by atoms with van der Waals surface area (Å²) in [5.41, 5.74) is 7.26. The first kappa shape index (κ1) is 20.3. The smallest absolute Gasteiger partial charge is 0.312 e. The molecule has 0 radical (unpaired) electrons. The molecular formula is C17H27ClN4O2. The number of piperidine rings is 1. The highest BCUT2D eigenvalue weighted by Gasteiger charge is 2.26. The molecule has 1 saturated heterocycles. The number of hydrogen-bond donors (Lipinski definition) is 3. The van der Waals surface area contributed by atoms with E-state index < -0.39 is 12.1 Å². The quantitative estimate of drug-likeness (QED) is 0.752. The van der Waals surface area contributed by atoms with E-state index in [2.05, 4.69) is 10.6 Å². The SMILES string of the molecule is CNC1CCCN(C(=O)CC(NC(N)=O)c2ccccc2C)C1.Cl. The van der Waals surface area contributed by atoms with Gasteiger partial charge in [-0.1, -0.05) is 24.3 Å². The highest BCUT2D eigenvalue weighted by Crippen LogP contribution is 2.22. The van der Waals surface area contributed by atoms with Crippen molar-refractivity contribution in [3.63, 3.8) is 0 Å². The number of likely N-dealkylation sites (N-methyl/N-ethyl adjacent to an activating group) is 1. The van der Waals surface area contributed by atoms with Gasteiger partial charge in [-0.05, 0) is 37.9 Å². The maximum absolute atomic E-state index is 12.6. The van der Waals surface area contributed by atoms with Crippen LogP contribution in [0.15, 0.2) is 24.3 Å². The maximum Gasteiger partial charge on any atom is 0.312 e. The maximum atomic E-state index is 12.6. The monoisotopic (exact) mass is 354 g/mol. The van der Waals surface area contributed by atoms with Crippen LogP contribution in [-0.4, -0.2) is 43.0 Å². The molecule has 7 heteroatoms. The van der Waals surface area contributed by atoms with Crippen molar-refractivity contribution in [2.75, 3.05) is 20.1 Å². The fourth-order valence-corrected chi connectivity index (χ4v) is 3.13. The van der Waals surface area contributed by atoms with Gasteiger partial charge in [0.1, 0.15) is 0 Å². The number of benzene rings is 1.